The van der Waals surface area contributed by atoms with Crippen LogP contribution in [0.5, 0.6) is 0 Å². The molecular formula is C18H21FN4O2. The van der Waals surface area contributed by atoms with E-state index in [9.17, 15) is 9.18 Å². The Morgan fingerprint density at radius 1 is 1.44 bits per heavy atom. The van der Waals surface area contributed by atoms with Crippen LogP contribution >= 0.6 is 0 Å². The first-order chi connectivity index (χ1) is 12.2. The first-order valence-corrected chi connectivity index (χ1v) is 8.64. The smallest absolute Gasteiger partial charge is 0.319 e. The highest BCUT2D eigenvalue weighted by Crippen LogP contribution is 2.40. The Morgan fingerprint density at radius 2 is 2.36 bits per heavy atom. The minimum atomic E-state index is -0.263. The minimum absolute atomic E-state index is 0.0451. The molecule has 6 nitrogen and oxygen atoms in total. The number of benzene rings is 1. The second-order valence-corrected chi connectivity index (χ2v) is 6.69. The molecule has 1 aromatic carbocycles. The number of anilines is 1. The lowest BCUT2D eigenvalue weighted by Gasteiger charge is -2.08. The Bertz CT molecular complexity index is 757. The number of halogens is 1. The topological polar surface area (TPSA) is 68.2 Å². The molecule has 4 rings (SSSR count). The SMILES string of the molecule is O=C(Nc1cnn(CC2CCCO2)c1)NC1CC1c1cccc(F)c1. The van der Waals surface area contributed by atoms with E-state index in [0.29, 0.717) is 12.2 Å². The maximum atomic E-state index is 13.3. The van der Waals surface area contributed by atoms with Crippen molar-refractivity contribution in [3.8, 4) is 0 Å². The zero-order valence-corrected chi connectivity index (χ0v) is 13.8. The second kappa shape index (κ2) is 6.84. The first kappa shape index (κ1) is 16.1. The highest BCUT2D eigenvalue weighted by molar-refractivity contribution is 5.89. The summed E-state index contributed by atoms with van der Waals surface area (Å²) >= 11 is 0. The van der Waals surface area contributed by atoms with Crippen molar-refractivity contribution in [1.82, 2.24) is 15.1 Å². The largest absolute Gasteiger partial charge is 0.376 e. The summed E-state index contributed by atoms with van der Waals surface area (Å²) in [4.78, 5) is 12.1. The van der Waals surface area contributed by atoms with Gasteiger partial charge >= 0.3 is 6.03 Å². The molecule has 132 valence electrons. The molecule has 0 bridgehead atoms. The normalized spacial score (nSPS) is 24.9. The van der Waals surface area contributed by atoms with Crippen molar-refractivity contribution in [2.75, 3.05) is 11.9 Å². The fraction of sp³-hybridized carbons (Fsp3) is 0.444. The highest BCUT2D eigenvalue weighted by Gasteiger charge is 2.39. The number of carbonyl (C=O) groups is 1. The number of urea groups is 1. The van der Waals surface area contributed by atoms with Crippen LogP contribution in [0.4, 0.5) is 14.9 Å². The zero-order chi connectivity index (χ0) is 17.2. The van der Waals surface area contributed by atoms with E-state index >= 15 is 0 Å². The third-order valence-corrected chi connectivity index (χ3v) is 4.69. The van der Waals surface area contributed by atoms with Gasteiger partial charge in [-0.05, 0) is 37.0 Å². The van der Waals surface area contributed by atoms with Crippen molar-refractivity contribution in [3.05, 3.63) is 48.0 Å². The standard InChI is InChI=1S/C18H21FN4O2/c19-13-4-1-3-12(7-13)16-8-17(16)22-18(24)21-14-9-20-23(10-14)11-15-5-2-6-25-15/h1,3-4,7,9-10,15-17H,2,5-6,8,11H2,(H2,21,22,24). The Labute approximate surface area is 145 Å². The molecule has 1 aliphatic heterocycles. The van der Waals surface area contributed by atoms with Crippen LogP contribution < -0.4 is 10.6 Å². The van der Waals surface area contributed by atoms with Gasteiger partial charge in [-0.2, -0.15) is 5.10 Å². The van der Waals surface area contributed by atoms with Gasteiger partial charge in [0.15, 0.2) is 0 Å². The zero-order valence-electron chi connectivity index (χ0n) is 13.8. The number of nitrogens with one attached hydrogen (secondary N) is 2. The Morgan fingerprint density at radius 3 is 3.16 bits per heavy atom. The Kier molecular flexibility index (Phi) is 4.40. The molecule has 2 N–H and O–H groups in total. The molecule has 1 aliphatic carbocycles. The average molecular weight is 344 g/mol. The van der Waals surface area contributed by atoms with E-state index in [2.05, 4.69) is 15.7 Å². The van der Waals surface area contributed by atoms with Gasteiger partial charge in [0.1, 0.15) is 5.82 Å². The van der Waals surface area contributed by atoms with Gasteiger partial charge in [-0.25, -0.2) is 9.18 Å². The summed E-state index contributed by atoms with van der Waals surface area (Å²) in [5, 5.41) is 9.96. The molecule has 1 saturated heterocycles. The van der Waals surface area contributed by atoms with E-state index in [4.69, 9.17) is 4.74 Å². The number of hydrogen-bond donors (Lipinski definition) is 2. The maximum Gasteiger partial charge on any atom is 0.319 e. The predicted molar refractivity (Wildman–Crippen MR) is 90.9 cm³/mol. The fourth-order valence-corrected chi connectivity index (χ4v) is 3.32. The lowest BCUT2D eigenvalue weighted by atomic mass is 10.1. The van der Waals surface area contributed by atoms with Crippen LogP contribution in [0.15, 0.2) is 36.7 Å². The quantitative estimate of drug-likeness (QED) is 0.876. The summed E-state index contributed by atoms with van der Waals surface area (Å²) in [6.07, 6.45) is 6.61. The highest BCUT2D eigenvalue weighted by atomic mass is 19.1. The molecule has 2 fully saturated rings. The number of nitrogens with zero attached hydrogens (tertiary/aromatic N) is 2. The van der Waals surface area contributed by atoms with Gasteiger partial charge in [-0.15, -0.1) is 0 Å². The van der Waals surface area contributed by atoms with Crippen LogP contribution in [0.25, 0.3) is 0 Å². The summed E-state index contributed by atoms with van der Waals surface area (Å²) in [7, 11) is 0. The summed E-state index contributed by atoms with van der Waals surface area (Å²) < 4.78 is 20.6. The molecular weight excluding hydrogens is 323 g/mol. The molecule has 1 saturated carbocycles. The fourth-order valence-electron chi connectivity index (χ4n) is 3.32. The van der Waals surface area contributed by atoms with Crippen LogP contribution in [0.2, 0.25) is 0 Å². The van der Waals surface area contributed by atoms with E-state index in [1.165, 1.54) is 12.1 Å². The van der Waals surface area contributed by atoms with Crippen LogP contribution in [-0.4, -0.2) is 34.6 Å². The van der Waals surface area contributed by atoms with Crippen molar-refractivity contribution in [2.24, 2.45) is 0 Å². The average Bonchev–Trinajstić information content (AvgIpc) is 2.95. The number of ether oxygens (including phenoxy) is 1. The summed E-state index contributed by atoms with van der Waals surface area (Å²) in [5.41, 5.74) is 1.58. The van der Waals surface area contributed by atoms with Crippen molar-refractivity contribution in [2.45, 2.75) is 43.9 Å². The van der Waals surface area contributed by atoms with Gasteiger partial charge in [0, 0.05) is 24.8 Å². The number of aromatic nitrogens is 2. The van der Waals surface area contributed by atoms with Crippen LogP contribution in [0.3, 0.4) is 0 Å². The predicted octanol–water partition coefficient (Wildman–Crippen LogP) is 2.88. The third kappa shape index (κ3) is 3.99. The van der Waals surface area contributed by atoms with Gasteiger partial charge in [-0.1, -0.05) is 12.1 Å². The van der Waals surface area contributed by atoms with Gasteiger partial charge in [0.25, 0.3) is 0 Å². The molecule has 1 aromatic heterocycles. The van der Waals surface area contributed by atoms with Crippen molar-refractivity contribution < 1.29 is 13.9 Å². The molecule has 2 aromatic rings. The van der Waals surface area contributed by atoms with Crippen LogP contribution in [0, 0.1) is 5.82 Å². The molecule has 7 heteroatoms. The van der Waals surface area contributed by atoms with Gasteiger partial charge in [0.05, 0.1) is 24.5 Å². The molecule has 2 aliphatic rings. The Hall–Kier alpha value is -2.41. The third-order valence-electron chi connectivity index (χ3n) is 4.69. The number of rotatable bonds is 5. The van der Waals surface area contributed by atoms with Gasteiger partial charge in [-0.3, -0.25) is 4.68 Å². The second-order valence-electron chi connectivity index (χ2n) is 6.69. The first-order valence-electron chi connectivity index (χ1n) is 8.64. The van der Waals surface area contributed by atoms with E-state index in [1.54, 1.807) is 23.1 Å². The summed E-state index contributed by atoms with van der Waals surface area (Å²) in [5.74, 6) is -0.0602. The lowest BCUT2D eigenvalue weighted by Crippen LogP contribution is -2.31. The molecule has 0 radical (unpaired) electrons. The van der Waals surface area contributed by atoms with Crippen LogP contribution in [-0.2, 0) is 11.3 Å². The van der Waals surface area contributed by atoms with E-state index in [-0.39, 0.29) is 29.9 Å². The Balaban J connectivity index is 1.26. The number of amides is 2. The van der Waals surface area contributed by atoms with E-state index in [1.807, 2.05) is 6.07 Å². The van der Waals surface area contributed by atoms with Crippen molar-refractivity contribution in [3.63, 3.8) is 0 Å². The monoisotopic (exact) mass is 344 g/mol. The number of hydrogen-bond acceptors (Lipinski definition) is 3. The summed E-state index contributed by atoms with van der Waals surface area (Å²) in [6, 6.07) is 6.32. The maximum absolute atomic E-state index is 13.3. The van der Waals surface area contributed by atoms with Gasteiger partial charge < -0.3 is 15.4 Å². The summed E-state index contributed by atoms with van der Waals surface area (Å²) in [6.45, 7) is 1.51. The number of carbonyl (C=O) groups excluding carboxylic acids is 1. The van der Waals surface area contributed by atoms with E-state index in [0.717, 1.165) is 31.4 Å². The molecule has 3 atom stereocenters. The molecule has 0 spiro atoms. The van der Waals surface area contributed by atoms with Gasteiger partial charge in [0.2, 0.25) is 0 Å². The minimum Gasteiger partial charge on any atom is -0.376 e. The molecule has 3 unspecified atom stereocenters. The van der Waals surface area contributed by atoms with Crippen molar-refractivity contribution in [1.29, 1.82) is 0 Å². The van der Waals surface area contributed by atoms with Crippen molar-refractivity contribution >= 4 is 11.7 Å². The van der Waals surface area contributed by atoms with Crippen LogP contribution in [0.1, 0.15) is 30.7 Å². The molecule has 25 heavy (non-hydrogen) atoms. The van der Waals surface area contributed by atoms with E-state index < -0.39 is 0 Å². The molecule has 2 amide bonds. The molecule has 2 heterocycles. The lowest BCUT2D eigenvalue weighted by molar-refractivity contribution is 0.0940.